The second-order valence-electron chi connectivity index (χ2n) is 4.92. The molecule has 0 saturated carbocycles. The lowest BCUT2D eigenvalue weighted by Gasteiger charge is -2.02. The van der Waals surface area contributed by atoms with Crippen molar-refractivity contribution in [3.63, 3.8) is 0 Å². The molecule has 3 aromatic rings. The van der Waals surface area contributed by atoms with Crippen molar-refractivity contribution < 1.29 is 13.6 Å². The maximum absolute atomic E-state index is 13.6. The highest BCUT2D eigenvalue weighted by atomic mass is 19.1. The lowest BCUT2D eigenvalue weighted by molar-refractivity contribution is -0.120. The molecule has 116 valence electrons. The number of halogens is 1. The molecular weight excluding hydrogens is 297 g/mol. The van der Waals surface area contributed by atoms with Crippen molar-refractivity contribution in [3.05, 3.63) is 71.9 Å². The van der Waals surface area contributed by atoms with E-state index in [1.165, 1.54) is 6.07 Å². The molecular formula is C17H14FN3O2. The standard InChI is InChI=1S/C17H14FN3O2/c18-14-9-5-4-8-13(14)17-21-20-16(23-17)11-19-15(22)10-12-6-2-1-3-7-12/h1-9H,10-11H2,(H,19,22). The molecule has 0 atom stereocenters. The van der Waals surface area contributed by atoms with Gasteiger partial charge in [-0.3, -0.25) is 4.79 Å². The summed E-state index contributed by atoms with van der Waals surface area (Å²) in [5, 5.41) is 10.3. The molecule has 1 heterocycles. The first-order valence-electron chi connectivity index (χ1n) is 7.10. The van der Waals surface area contributed by atoms with Crippen LogP contribution >= 0.6 is 0 Å². The van der Waals surface area contributed by atoms with Crippen molar-refractivity contribution in [1.29, 1.82) is 0 Å². The smallest absolute Gasteiger partial charge is 0.250 e. The highest BCUT2D eigenvalue weighted by Crippen LogP contribution is 2.20. The van der Waals surface area contributed by atoms with E-state index in [4.69, 9.17) is 4.42 Å². The molecule has 0 aliphatic rings. The van der Waals surface area contributed by atoms with E-state index in [9.17, 15) is 9.18 Å². The van der Waals surface area contributed by atoms with Crippen LogP contribution in [0.1, 0.15) is 11.5 Å². The number of nitrogens with zero attached hydrogens (tertiary/aromatic N) is 2. The number of nitrogens with one attached hydrogen (secondary N) is 1. The molecule has 1 aromatic heterocycles. The molecule has 1 N–H and O–H groups in total. The van der Waals surface area contributed by atoms with Crippen LogP contribution in [0.25, 0.3) is 11.5 Å². The molecule has 6 heteroatoms. The van der Waals surface area contributed by atoms with E-state index in [0.29, 0.717) is 0 Å². The monoisotopic (exact) mass is 311 g/mol. The van der Waals surface area contributed by atoms with Gasteiger partial charge < -0.3 is 9.73 Å². The highest BCUT2D eigenvalue weighted by Gasteiger charge is 2.13. The Hall–Kier alpha value is -3.02. The van der Waals surface area contributed by atoms with Crippen LogP contribution in [0.3, 0.4) is 0 Å². The Morgan fingerprint density at radius 3 is 2.57 bits per heavy atom. The SMILES string of the molecule is O=C(Cc1ccccc1)NCc1nnc(-c2ccccc2F)o1. The molecule has 0 fully saturated rings. The first-order valence-corrected chi connectivity index (χ1v) is 7.10. The Kier molecular flexibility index (Phi) is 4.42. The van der Waals surface area contributed by atoms with Crippen LogP contribution in [-0.4, -0.2) is 16.1 Å². The summed E-state index contributed by atoms with van der Waals surface area (Å²) >= 11 is 0. The number of hydrogen-bond donors (Lipinski definition) is 1. The summed E-state index contributed by atoms with van der Waals surface area (Å²) in [5.41, 5.74) is 1.16. The van der Waals surface area contributed by atoms with Crippen molar-refractivity contribution in [2.24, 2.45) is 0 Å². The third kappa shape index (κ3) is 3.79. The predicted molar refractivity (Wildman–Crippen MR) is 81.7 cm³/mol. The molecule has 2 aromatic carbocycles. The zero-order valence-corrected chi connectivity index (χ0v) is 12.2. The van der Waals surface area contributed by atoms with Crippen LogP contribution in [0.4, 0.5) is 4.39 Å². The van der Waals surface area contributed by atoms with Gasteiger partial charge in [0.2, 0.25) is 11.8 Å². The summed E-state index contributed by atoms with van der Waals surface area (Å²) in [7, 11) is 0. The van der Waals surface area contributed by atoms with Crippen LogP contribution in [0.2, 0.25) is 0 Å². The van der Waals surface area contributed by atoms with E-state index in [-0.39, 0.29) is 36.2 Å². The summed E-state index contributed by atoms with van der Waals surface area (Å²) in [6, 6.07) is 15.5. The summed E-state index contributed by atoms with van der Waals surface area (Å²) in [6.07, 6.45) is 0.273. The quantitative estimate of drug-likeness (QED) is 0.786. The van der Waals surface area contributed by atoms with Crippen LogP contribution < -0.4 is 5.32 Å². The van der Waals surface area contributed by atoms with Gasteiger partial charge >= 0.3 is 0 Å². The van der Waals surface area contributed by atoms with Crippen molar-refractivity contribution in [2.45, 2.75) is 13.0 Å². The van der Waals surface area contributed by atoms with Crippen molar-refractivity contribution in [1.82, 2.24) is 15.5 Å². The first-order chi connectivity index (χ1) is 11.2. The van der Waals surface area contributed by atoms with Crippen LogP contribution in [0.15, 0.2) is 59.0 Å². The summed E-state index contributed by atoms with van der Waals surface area (Å²) in [5.74, 6) is -0.266. The van der Waals surface area contributed by atoms with Crippen LogP contribution in [0.5, 0.6) is 0 Å². The minimum absolute atomic E-state index is 0.0930. The second kappa shape index (κ2) is 6.83. The molecule has 0 saturated heterocycles. The number of carbonyl (C=O) groups excluding carboxylic acids is 1. The molecule has 3 rings (SSSR count). The maximum Gasteiger partial charge on any atom is 0.250 e. The lowest BCUT2D eigenvalue weighted by atomic mass is 10.1. The number of benzene rings is 2. The maximum atomic E-state index is 13.6. The normalized spacial score (nSPS) is 10.5. The average molecular weight is 311 g/mol. The fraction of sp³-hybridized carbons (Fsp3) is 0.118. The van der Waals surface area contributed by atoms with Gasteiger partial charge in [0.05, 0.1) is 18.5 Å². The van der Waals surface area contributed by atoms with Crippen molar-refractivity contribution >= 4 is 5.91 Å². The first kappa shape index (κ1) is 14.9. The van der Waals surface area contributed by atoms with Crippen molar-refractivity contribution in [3.8, 4) is 11.5 Å². The third-order valence-corrected chi connectivity index (χ3v) is 3.22. The third-order valence-electron chi connectivity index (χ3n) is 3.22. The molecule has 5 nitrogen and oxygen atoms in total. The summed E-state index contributed by atoms with van der Waals surface area (Å²) < 4.78 is 19.0. The summed E-state index contributed by atoms with van der Waals surface area (Å²) in [6.45, 7) is 0.104. The van der Waals surface area contributed by atoms with E-state index in [1.54, 1.807) is 18.2 Å². The van der Waals surface area contributed by atoms with Crippen LogP contribution in [-0.2, 0) is 17.8 Å². The van der Waals surface area contributed by atoms with Gasteiger partial charge in [-0.05, 0) is 17.7 Å². The Morgan fingerprint density at radius 2 is 1.78 bits per heavy atom. The van der Waals surface area contributed by atoms with Gasteiger partial charge in [0, 0.05) is 0 Å². The zero-order valence-electron chi connectivity index (χ0n) is 12.2. The Labute approximate surface area is 132 Å². The van der Waals surface area contributed by atoms with Gasteiger partial charge in [-0.25, -0.2) is 4.39 Å². The lowest BCUT2D eigenvalue weighted by Crippen LogP contribution is -2.24. The molecule has 1 amide bonds. The second-order valence-corrected chi connectivity index (χ2v) is 4.92. The molecule has 0 unspecified atom stereocenters. The van der Waals surface area contributed by atoms with E-state index < -0.39 is 5.82 Å². The van der Waals surface area contributed by atoms with E-state index in [1.807, 2.05) is 30.3 Å². The number of aromatic nitrogens is 2. The zero-order chi connectivity index (χ0) is 16.1. The fourth-order valence-corrected chi connectivity index (χ4v) is 2.09. The Morgan fingerprint density at radius 1 is 1.04 bits per heavy atom. The van der Waals surface area contributed by atoms with E-state index >= 15 is 0 Å². The van der Waals surface area contributed by atoms with E-state index in [2.05, 4.69) is 15.5 Å². The number of carbonyl (C=O) groups is 1. The van der Waals surface area contributed by atoms with Gasteiger partial charge in [0.25, 0.3) is 5.89 Å². The van der Waals surface area contributed by atoms with Gasteiger partial charge in [0.1, 0.15) is 5.82 Å². The molecule has 0 radical (unpaired) electrons. The molecule has 0 bridgehead atoms. The van der Waals surface area contributed by atoms with Gasteiger partial charge in [-0.15, -0.1) is 10.2 Å². The Balaban J connectivity index is 1.59. The van der Waals surface area contributed by atoms with Gasteiger partial charge in [-0.1, -0.05) is 42.5 Å². The minimum Gasteiger partial charge on any atom is -0.419 e. The van der Waals surface area contributed by atoms with Gasteiger partial charge in [0.15, 0.2) is 0 Å². The van der Waals surface area contributed by atoms with Crippen molar-refractivity contribution in [2.75, 3.05) is 0 Å². The van der Waals surface area contributed by atoms with Crippen LogP contribution in [0, 0.1) is 5.82 Å². The topological polar surface area (TPSA) is 68.0 Å². The fourth-order valence-electron chi connectivity index (χ4n) is 2.09. The average Bonchev–Trinajstić information content (AvgIpc) is 3.03. The highest BCUT2D eigenvalue weighted by molar-refractivity contribution is 5.78. The number of rotatable bonds is 5. The Bertz CT molecular complexity index is 802. The molecule has 0 spiro atoms. The minimum atomic E-state index is -0.434. The number of hydrogen-bond acceptors (Lipinski definition) is 4. The molecule has 0 aliphatic heterocycles. The van der Waals surface area contributed by atoms with E-state index in [0.717, 1.165) is 5.56 Å². The molecule has 23 heavy (non-hydrogen) atoms. The number of amides is 1. The summed E-state index contributed by atoms with van der Waals surface area (Å²) in [4.78, 5) is 11.9. The molecule has 0 aliphatic carbocycles. The van der Waals surface area contributed by atoms with Gasteiger partial charge in [-0.2, -0.15) is 0 Å². The predicted octanol–water partition coefficient (Wildman–Crippen LogP) is 2.73. The largest absolute Gasteiger partial charge is 0.419 e.